The standard InChI is InChI=1S/C22H27N3O/c1-16(2)18-9-7-17(8-10-18)15-23-21-22(11-13-26-14-12-22)25-20-6-4-3-5-19(20)24-21/h3-10,16,25H,11-15H2,1-2H3,(H,23,24). The molecule has 0 unspecified atom stereocenters. The van der Waals surface area contributed by atoms with E-state index in [0.717, 1.165) is 49.8 Å². The predicted molar refractivity (Wildman–Crippen MR) is 107 cm³/mol. The third-order valence-electron chi connectivity index (χ3n) is 5.42. The summed E-state index contributed by atoms with van der Waals surface area (Å²) in [5.41, 5.74) is 4.62. The first kappa shape index (κ1) is 17.1. The Morgan fingerprint density at radius 1 is 1.08 bits per heavy atom. The number of anilines is 1. The molecule has 0 aromatic heterocycles. The summed E-state index contributed by atoms with van der Waals surface area (Å²) in [6.45, 7) is 6.76. The van der Waals surface area contributed by atoms with Gasteiger partial charge < -0.3 is 15.4 Å². The Labute approximate surface area is 155 Å². The summed E-state index contributed by atoms with van der Waals surface area (Å²) >= 11 is 0. The number of fused-ring (bicyclic) bond motifs is 1. The zero-order chi connectivity index (χ0) is 18.0. The minimum Gasteiger partial charge on any atom is -0.381 e. The topological polar surface area (TPSA) is 45.7 Å². The summed E-state index contributed by atoms with van der Waals surface area (Å²) in [5, 5.41) is 7.37. The minimum absolute atomic E-state index is 0.148. The van der Waals surface area contributed by atoms with Crippen LogP contribution in [0.4, 0.5) is 11.4 Å². The number of benzene rings is 2. The van der Waals surface area contributed by atoms with E-state index in [9.17, 15) is 0 Å². The summed E-state index contributed by atoms with van der Waals surface area (Å²) in [4.78, 5) is 4.97. The van der Waals surface area contributed by atoms with E-state index >= 15 is 0 Å². The summed E-state index contributed by atoms with van der Waals surface area (Å²) in [6.07, 6.45) is 1.86. The van der Waals surface area contributed by atoms with Crippen LogP contribution in [0, 0.1) is 0 Å². The van der Waals surface area contributed by atoms with Gasteiger partial charge in [0.2, 0.25) is 0 Å². The fraction of sp³-hybridized carbons (Fsp3) is 0.409. The van der Waals surface area contributed by atoms with E-state index in [1.807, 2.05) is 6.07 Å². The number of nitrogens with zero attached hydrogens (tertiary/aromatic N) is 1. The average Bonchev–Trinajstić information content (AvgIpc) is 2.67. The molecule has 1 spiro atoms. The molecule has 2 aliphatic rings. The summed E-state index contributed by atoms with van der Waals surface area (Å²) in [5.74, 6) is 1.60. The Kier molecular flexibility index (Phi) is 4.68. The van der Waals surface area contributed by atoms with Gasteiger partial charge in [0, 0.05) is 32.6 Å². The number of nitrogens with one attached hydrogen (secondary N) is 2. The summed E-state index contributed by atoms with van der Waals surface area (Å²) in [7, 11) is 0. The van der Waals surface area contributed by atoms with E-state index in [0.29, 0.717) is 5.92 Å². The van der Waals surface area contributed by atoms with Crippen molar-refractivity contribution in [3.63, 3.8) is 0 Å². The number of aliphatic imine (C=N–C) groups is 1. The smallest absolute Gasteiger partial charge is 0.129 e. The molecule has 26 heavy (non-hydrogen) atoms. The van der Waals surface area contributed by atoms with Crippen LogP contribution in [0.1, 0.15) is 43.7 Å². The molecule has 0 saturated carbocycles. The number of hydrogen-bond donors (Lipinski definition) is 2. The molecule has 0 amide bonds. The van der Waals surface area contributed by atoms with Crippen LogP contribution in [-0.4, -0.2) is 24.6 Å². The van der Waals surface area contributed by atoms with Crippen LogP contribution in [0.5, 0.6) is 0 Å². The first-order valence-corrected chi connectivity index (χ1v) is 9.53. The van der Waals surface area contributed by atoms with Gasteiger partial charge in [-0.3, -0.25) is 0 Å². The van der Waals surface area contributed by atoms with Gasteiger partial charge in [-0.1, -0.05) is 50.2 Å². The monoisotopic (exact) mass is 349 g/mol. The molecule has 0 bridgehead atoms. The second-order valence-corrected chi connectivity index (χ2v) is 7.55. The van der Waals surface area contributed by atoms with Gasteiger partial charge in [-0.2, -0.15) is 0 Å². The molecule has 4 rings (SSSR count). The van der Waals surface area contributed by atoms with Crippen molar-refractivity contribution in [2.45, 2.75) is 44.7 Å². The van der Waals surface area contributed by atoms with E-state index in [2.05, 4.69) is 66.9 Å². The van der Waals surface area contributed by atoms with Gasteiger partial charge in [-0.25, -0.2) is 4.99 Å². The molecule has 1 saturated heterocycles. The second kappa shape index (κ2) is 7.12. The molecule has 0 atom stereocenters. The van der Waals surface area contributed by atoms with Crippen LogP contribution < -0.4 is 10.6 Å². The van der Waals surface area contributed by atoms with Crippen molar-refractivity contribution in [1.29, 1.82) is 0 Å². The first-order valence-electron chi connectivity index (χ1n) is 9.53. The molecular weight excluding hydrogens is 322 g/mol. The van der Waals surface area contributed by atoms with Crippen molar-refractivity contribution in [1.82, 2.24) is 5.32 Å². The zero-order valence-electron chi connectivity index (χ0n) is 15.6. The molecular formula is C22H27N3O. The van der Waals surface area contributed by atoms with Gasteiger partial charge in [-0.05, 0) is 29.2 Å². The maximum absolute atomic E-state index is 5.61. The Balaban J connectivity index is 1.56. The van der Waals surface area contributed by atoms with E-state index < -0.39 is 0 Å². The molecule has 2 aliphatic heterocycles. The van der Waals surface area contributed by atoms with E-state index in [-0.39, 0.29) is 5.54 Å². The molecule has 4 heteroatoms. The molecule has 2 aromatic carbocycles. The van der Waals surface area contributed by atoms with E-state index in [4.69, 9.17) is 9.73 Å². The Bertz CT molecular complexity index is 789. The summed E-state index contributed by atoms with van der Waals surface area (Å²) < 4.78 is 5.61. The van der Waals surface area contributed by atoms with Gasteiger partial charge >= 0.3 is 0 Å². The summed E-state index contributed by atoms with van der Waals surface area (Å²) in [6, 6.07) is 17.1. The van der Waals surface area contributed by atoms with Gasteiger partial charge in [-0.15, -0.1) is 0 Å². The highest BCUT2D eigenvalue weighted by Gasteiger charge is 2.40. The van der Waals surface area contributed by atoms with Gasteiger partial charge in [0.05, 0.1) is 16.9 Å². The van der Waals surface area contributed by atoms with Crippen molar-refractivity contribution in [3.05, 3.63) is 59.7 Å². The molecule has 4 nitrogen and oxygen atoms in total. The van der Waals surface area contributed by atoms with Crippen molar-refractivity contribution >= 4 is 17.2 Å². The lowest BCUT2D eigenvalue weighted by molar-refractivity contribution is 0.0771. The normalized spacial score (nSPS) is 18.2. The Hall–Kier alpha value is -2.33. The number of ether oxygens (including phenoxy) is 1. The zero-order valence-corrected chi connectivity index (χ0v) is 15.6. The van der Waals surface area contributed by atoms with Gasteiger partial charge in [0.15, 0.2) is 0 Å². The lowest BCUT2D eigenvalue weighted by atomic mass is 9.86. The Morgan fingerprint density at radius 3 is 2.54 bits per heavy atom. The third-order valence-corrected chi connectivity index (χ3v) is 5.42. The molecule has 136 valence electrons. The highest BCUT2D eigenvalue weighted by Crippen LogP contribution is 2.37. The highest BCUT2D eigenvalue weighted by molar-refractivity contribution is 6.00. The minimum atomic E-state index is -0.148. The van der Waals surface area contributed by atoms with E-state index in [1.165, 1.54) is 11.1 Å². The second-order valence-electron chi connectivity index (χ2n) is 7.55. The maximum atomic E-state index is 5.61. The van der Waals surface area contributed by atoms with Crippen LogP contribution >= 0.6 is 0 Å². The van der Waals surface area contributed by atoms with Crippen molar-refractivity contribution in [2.75, 3.05) is 18.5 Å². The molecule has 1 fully saturated rings. The molecule has 2 heterocycles. The fourth-order valence-electron chi connectivity index (χ4n) is 3.72. The van der Waals surface area contributed by atoms with Crippen molar-refractivity contribution < 1.29 is 4.74 Å². The lowest BCUT2D eigenvalue weighted by Crippen LogP contribution is -2.56. The fourth-order valence-corrected chi connectivity index (χ4v) is 3.72. The molecule has 2 N–H and O–H groups in total. The predicted octanol–water partition coefficient (Wildman–Crippen LogP) is 4.60. The molecule has 2 aromatic rings. The lowest BCUT2D eigenvalue weighted by Gasteiger charge is -2.42. The third kappa shape index (κ3) is 3.34. The van der Waals surface area contributed by atoms with Gasteiger partial charge in [0.25, 0.3) is 0 Å². The van der Waals surface area contributed by atoms with Crippen LogP contribution in [0.15, 0.2) is 53.5 Å². The van der Waals surface area contributed by atoms with E-state index in [1.54, 1.807) is 0 Å². The number of hydrogen-bond acceptors (Lipinski definition) is 4. The first-order chi connectivity index (χ1) is 12.7. The molecule has 0 aliphatic carbocycles. The average molecular weight is 349 g/mol. The van der Waals surface area contributed by atoms with Crippen LogP contribution in [-0.2, 0) is 11.3 Å². The SMILES string of the molecule is CC(C)c1ccc(CNC2=Nc3ccccc3NC23CCOCC3)cc1. The highest BCUT2D eigenvalue weighted by atomic mass is 16.5. The number of para-hydroxylation sites is 2. The van der Waals surface area contributed by atoms with Crippen molar-refractivity contribution in [3.8, 4) is 0 Å². The number of amidine groups is 1. The molecule has 0 radical (unpaired) electrons. The maximum Gasteiger partial charge on any atom is 0.129 e. The van der Waals surface area contributed by atoms with Crippen LogP contribution in [0.3, 0.4) is 0 Å². The van der Waals surface area contributed by atoms with Crippen LogP contribution in [0.25, 0.3) is 0 Å². The van der Waals surface area contributed by atoms with Gasteiger partial charge in [0.1, 0.15) is 5.84 Å². The quantitative estimate of drug-likeness (QED) is 0.851. The largest absolute Gasteiger partial charge is 0.381 e. The van der Waals surface area contributed by atoms with Crippen LogP contribution in [0.2, 0.25) is 0 Å². The number of rotatable bonds is 3. The Morgan fingerprint density at radius 2 is 1.81 bits per heavy atom. The van der Waals surface area contributed by atoms with Crippen molar-refractivity contribution in [2.24, 2.45) is 4.99 Å².